The number of alkyl halides is 2. The maximum Gasteiger partial charge on any atom is 0.432 e. The molecule has 0 aliphatic heterocycles. The average Bonchev–Trinajstić information content (AvgIpc) is 2.64. The quantitative estimate of drug-likeness (QED) is 0.296. The molecule has 0 saturated heterocycles. The fourth-order valence-electron chi connectivity index (χ4n) is 2.38. The first-order valence-corrected chi connectivity index (χ1v) is 7.95. The van der Waals surface area contributed by atoms with E-state index in [2.05, 4.69) is 16.6 Å². The van der Waals surface area contributed by atoms with Gasteiger partial charge in [-0.05, 0) is 24.3 Å². The summed E-state index contributed by atoms with van der Waals surface area (Å²) in [6.45, 7) is 0. The average molecular weight is 410 g/mol. The highest BCUT2D eigenvalue weighted by atomic mass is 19.3. The standard InChI is InChI=1S/C21H9F7O/c22-15-8-13(7-6-12-4-2-1-3-5-12)9-16(23)19(15)21(27,28)29-14-10-17(24)20(26)18(25)11-14/h1-5,8-11H. The minimum Gasteiger partial charge on any atom is -0.429 e. The van der Waals surface area contributed by atoms with Crippen molar-refractivity contribution >= 4 is 0 Å². The SMILES string of the molecule is Fc1cc(OC(F)(F)c2c(F)cc(C#Cc3ccccc3)cc2F)cc(F)c1F. The van der Waals surface area contributed by atoms with Crippen LogP contribution in [0, 0.1) is 40.9 Å². The summed E-state index contributed by atoms with van der Waals surface area (Å²) in [4.78, 5) is 0. The van der Waals surface area contributed by atoms with E-state index in [0.717, 1.165) is 0 Å². The Hall–Kier alpha value is -3.47. The second-order valence-corrected chi connectivity index (χ2v) is 5.75. The summed E-state index contributed by atoms with van der Waals surface area (Å²) < 4.78 is 100. The monoisotopic (exact) mass is 410 g/mol. The van der Waals surface area contributed by atoms with Gasteiger partial charge in [0.15, 0.2) is 17.5 Å². The molecule has 0 fully saturated rings. The molecule has 0 amide bonds. The Morgan fingerprint density at radius 2 is 1.17 bits per heavy atom. The highest BCUT2D eigenvalue weighted by molar-refractivity contribution is 5.44. The van der Waals surface area contributed by atoms with Crippen LogP contribution in [-0.2, 0) is 6.11 Å². The molecular weight excluding hydrogens is 401 g/mol. The van der Waals surface area contributed by atoms with E-state index < -0.39 is 46.5 Å². The zero-order valence-electron chi connectivity index (χ0n) is 14.3. The van der Waals surface area contributed by atoms with Crippen molar-refractivity contribution in [1.82, 2.24) is 0 Å². The molecule has 0 atom stereocenters. The van der Waals surface area contributed by atoms with E-state index in [4.69, 9.17) is 0 Å². The summed E-state index contributed by atoms with van der Waals surface area (Å²) in [5, 5.41) is 0. The third-order valence-electron chi connectivity index (χ3n) is 3.66. The van der Waals surface area contributed by atoms with Gasteiger partial charge in [-0.1, -0.05) is 30.0 Å². The first kappa shape index (κ1) is 20.3. The van der Waals surface area contributed by atoms with E-state index in [1.54, 1.807) is 30.3 Å². The van der Waals surface area contributed by atoms with Crippen LogP contribution in [0.4, 0.5) is 30.7 Å². The molecule has 0 heterocycles. The van der Waals surface area contributed by atoms with Gasteiger partial charge >= 0.3 is 6.11 Å². The molecule has 0 spiro atoms. The Morgan fingerprint density at radius 1 is 0.655 bits per heavy atom. The summed E-state index contributed by atoms with van der Waals surface area (Å²) in [5.74, 6) is -4.99. The van der Waals surface area contributed by atoms with Crippen molar-refractivity contribution in [3.05, 3.63) is 100 Å². The van der Waals surface area contributed by atoms with Crippen molar-refractivity contribution in [3.63, 3.8) is 0 Å². The molecule has 0 unspecified atom stereocenters. The zero-order valence-corrected chi connectivity index (χ0v) is 14.3. The number of halogens is 7. The van der Waals surface area contributed by atoms with Crippen LogP contribution < -0.4 is 4.74 Å². The fraction of sp³-hybridized carbons (Fsp3) is 0.0476. The van der Waals surface area contributed by atoms with E-state index in [1.165, 1.54) is 0 Å². The third kappa shape index (κ3) is 4.51. The highest BCUT2D eigenvalue weighted by Gasteiger charge is 2.41. The largest absolute Gasteiger partial charge is 0.432 e. The van der Waals surface area contributed by atoms with Crippen LogP contribution in [0.2, 0.25) is 0 Å². The lowest BCUT2D eigenvalue weighted by Gasteiger charge is -2.19. The molecule has 0 radical (unpaired) electrons. The first-order chi connectivity index (χ1) is 13.7. The van der Waals surface area contributed by atoms with Crippen molar-refractivity contribution in [2.24, 2.45) is 0 Å². The minimum atomic E-state index is -4.64. The summed E-state index contributed by atoms with van der Waals surface area (Å²) in [6, 6.07) is 9.77. The van der Waals surface area contributed by atoms with E-state index in [9.17, 15) is 30.7 Å². The van der Waals surface area contributed by atoms with Gasteiger partial charge in [-0.3, -0.25) is 0 Å². The number of ether oxygens (including phenoxy) is 1. The third-order valence-corrected chi connectivity index (χ3v) is 3.66. The topological polar surface area (TPSA) is 9.23 Å². The maximum atomic E-state index is 14.2. The van der Waals surface area contributed by atoms with Crippen LogP contribution in [-0.4, -0.2) is 0 Å². The Morgan fingerprint density at radius 3 is 1.72 bits per heavy atom. The number of hydrogen-bond acceptors (Lipinski definition) is 1. The van der Waals surface area contributed by atoms with Crippen molar-refractivity contribution in [1.29, 1.82) is 0 Å². The molecule has 29 heavy (non-hydrogen) atoms. The smallest absolute Gasteiger partial charge is 0.429 e. The molecule has 3 aromatic rings. The van der Waals surface area contributed by atoms with Crippen molar-refractivity contribution < 1.29 is 35.5 Å². The Balaban J connectivity index is 1.93. The maximum absolute atomic E-state index is 14.2. The first-order valence-electron chi connectivity index (χ1n) is 7.95. The van der Waals surface area contributed by atoms with Crippen LogP contribution in [0.5, 0.6) is 5.75 Å². The van der Waals surface area contributed by atoms with E-state index in [1.807, 2.05) is 0 Å². The summed E-state index contributed by atoms with van der Waals surface area (Å²) in [6.07, 6.45) is -4.64. The van der Waals surface area contributed by atoms with Gasteiger partial charge in [-0.25, -0.2) is 22.0 Å². The number of benzene rings is 3. The molecule has 0 aliphatic rings. The van der Waals surface area contributed by atoms with Crippen LogP contribution in [0.3, 0.4) is 0 Å². The van der Waals surface area contributed by atoms with Gasteiger partial charge in [0, 0.05) is 23.3 Å². The molecular formula is C21H9F7O. The van der Waals surface area contributed by atoms with Gasteiger partial charge in [0.2, 0.25) is 0 Å². The molecule has 0 aliphatic carbocycles. The lowest BCUT2D eigenvalue weighted by Crippen LogP contribution is -2.25. The van der Waals surface area contributed by atoms with Gasteiger partial charge in [0.1, 0.15) is 22.9 Å². The second kappa shape index (κ2) is 7.87. The van der Waals surface area contributed by atoms with Crippen molar-refractivity contribution in [2.75, 3.05) is 0 Å². The predicted molar refractivity (Wildman–Crippen MR) is 89.6 cm³/mol. The molecule has 0 saturated carbocycles. The van der Waals surface area contributed by atoms with Crippen LogP contribution in [0.15, 0.2) is 54.6 Å². The van der Waals surface area contributed by atoms with Gasteiger partial charge in [0.05, 0.1) is 0 Å². The fourth-order valence-corrected chi connectivity index (χ4v) is 2.38. The molecule has 0 N–H and O–H groups in total. The normalized spacial score (nSPS) is 11.0. The summed E-state index contributed by atoms with van der Waals surface area (Å²) >= 11 is 0. The van der Waals surface area contributed by atoms with Gasteiger partial charge in [-0.2, -0.15) is 8.78 Å². The van der Waals surface area contributed by atoms with Gasteiger partial charge in [-0.15, -0.1) is 0 Å². The number of rotatable bonds is 3. The number of hydrogen-bond donors (Lipinski definition) is 0. The van der Waals surface area contributed by atoms with Crippen LogP contribution in [0.1, 0.15) is 16.7 Å². The van der Waals surface area contributed by atoms with Crippen molar-refractivity contribution in [2.45, 2.75) is 6.11 Å². The molecule has 8 heteroatoms. The summed E-state index contributed by atoms with van der Waals surface area (Å²) in [7, 11) is 0. The molecule has 3 rings (SSSR count). The van der Waals surface area contributed by atoms with Crippen LogP contribution in [0.25, 0.3) is 0 Å². The molecule has 0 aromatic heterocycles. The summed E-state index contributed by atoms with van der Waals surface area (Å²) in [5.41, 5.74) is -1.47. The Bertz CT molecular complexity index is 1070. The van der Waals surface area contributed by atoms with Gasteiger partial charge < -0.3 is 4.74 Å². The lowest BCUT2D eigenvalue weighted by molar-refractivity contribution is -0.189. The van der Waals surface area contributed by atoms with E-state index in [-0.39, 0.29) is 17.7 Å². The Labute approximate surface area is 160 Å². The van der Waals surface area contributed by atoms with Gasteiger partial charge in [0.25, 0.3) is 0 Å². The molecule has 148 valence electrons. The zero-order chi connectivity index (χ0) is 21.2. The van der Waals surface area contributed by atoms with E-state index in [0.29, 0.717) is 17.7 Å². The molecule has 3 aromatic carbocycles. The predicted octanol–water partition coefficient (Wildman–Crippen LogP) is 5.91. The van der Waals surface area contributed by atoms with E-state index >= 15 is 0 Å². The van der Waals surface area contributed by atoms with Crippen molar-refractivity contribution in [3.8, 4) is 17.6 Å². The Kier molecular flexibility index (Phi) is 5.50. The molecule has 1 nitrogen and oxygen atoms in total. The highest BCUT2D eigenvalue weighted by Crippen LogP contribution is 2.36. The second-order valence-electron chi connectivity index (χ2n) is 5.75. The molecule has 0 bridgehead atoms. The van der Waals surface area contributed by atoms with Crippen LogP contribution >= 0.6 is 0 Å². The lowest BCUT2D eigenvalue weighted by atomic mass is 10.1. The minimum absolute atomic E-state index is 0.127.